The van der Waals surface area contributed by atoms with Gasteiger partial charge in [0, 0.05) is 36.9 Å². The minimum Gasteiger partial charge on any atom is -0.379 e. The lowest BCUT2D eigenvalue weighted by Crippen LogP contribution is -2.41. The second kappa shape index (κ2) is 12.9. The van der Waals surface area contributed by atoms with E-state index in [1.54, 1.807) is 11.8 Å². The van der Waals surface area contributed by atoms with Crippen molar-refractivity contribution in [1.82, 2.24) is 10.2 Å². The number of piperidine rings is 1. The zero-order chi connectivity index (χ0) is 21.1. The molecule has 0 atom stereocenters. The molecule has 1 aromatic rings. The van der Waals surface area contributed by atoms with Crippen LogP contribution in [0.4, 0.5) is 5.69 Å². The van der Waals surface area contributed by atoms with E-state index in [9.17, 15) is 9.59 Å². The van der Waals surface area contributed by atoms with E-state index in [1.165, 1.54) is 0 Å². The molecule has 7 heteroatoms. The Bertz CT molecular complexity index is 646. The Kier molecular flexibility index (Phi) is 10.5. The average Bonchev–Trinajstić information content (AvgIpc) is 2.72. The second-order valence-corrected chi connectivity index (χ2v) is 8.53. The molecule has 1 aliphatic heterocycles. The molecule has 0 bridgehead atoms. The molecule has 1 fully saturated rings. The first-order valence-electron chi connectivity index (χ1n) is 10.5. The molecule has 1 heterocycles. The molecule has 0 unspecified atom stereocenters. The maximum atomic E-state index is 12.3. The summed E-state index contributed by atoms with van der Waals surface area (Å²) >= 11 is 1.63. The van der Waals surface area contributed by atoms with Crippen LogP contribution in [0.1, 0.15) is 39.5 Å². The molecule has 1 saturated heterocycles. The summed E-state index contributed by atoms with van der Waals surface area (Å²) in [5.74, 6) is 0.273. The topological polar surface area (TPSA) is 70.7 Å². The molecular weight excluding hydrogens is 386 g/mol. The number of ether oxygens (including phenoxy) is 1. The standard InChI is InChI=1S/C22H35N3O3S/c1-17(2)28-16-6-12-23-22(27)18-9-13-25(14-10-18)15-11-21(26)24-19-7-4-5-8-20(19)29-3/h4-5,7-8,17-18H,6,9-16H2,1-3H3,(H,23,27)(H,24,26). The summed E-state index contributed by atoms with van der Waals surface area (Å²) in [6, 6.07) is 7.85. The van der Waals surface area contributed by atoms with Gasteiger partial charge < -0.3 is 20.3 Å². The third-order valence-corrected chi connectivity index (χ3v) is 5.86. The van der Waals surface area contributed by atoms with E-state index < -0.39 is 0 Å². The number of carbonyl (C=O) groups excluding carboxylic acids is 2. The highest BCUT2D eigenvalue weighted by atomic mass is 32.2. The normalized spacial score (nSPS) is 15.4. The van der Waals surface area contributed by atoms with Crippen LogP contribution in [0.3, 0.4) is 0 Å². The Hall–Kier alpha value is -1.57. The molecule has 0 spiro atoms. The average molecular weight is 422 g/mol. The molecule has 2 N–H and O–H groups in total. The van der Waals surface area contributed by atoms with Gasteiger partial charge in [0.2, 0.25) is 11.8 Å². The minimum atomic E-state index is 0.0370. The molecule has 2 amide bonds. The van der Waals surface area contributed by atoms with Crippen LogP contribution in [-0.4, -0.2) is 61.9 Å². The monoisotopic (exact) mass is 421 g/mol. The smallest absolute Gasteiger partial charge is 0.225 e. The van der Waals surface area contributed by atoms with Gasteiger partial charge >= 0.3 is 0 Å². The van der Waals surface area contributed by atoms with Crippen LogP contribution in [0, 0.1) is 5.92 Å². The molecule has 0 aliphatic carbocycles. The number of anilines is 1. The van der Waals surface area contributed by atoms with Gasteiger partial charge in [0.05, 0.1) is 11.8 Å². The number of nitrogens with zero attached hydrogens (tertiary/aromatic N) is 1. The number of amides is 2. The van der Waals surface area contributed by atoms with E-state index in [-0.39, 0.29) is 23.8 Å². The number of hydrogen-bond acceptors (Lipinski definition) is 5. The number of rotatable bonds is 11. The Morgan fingerprint density at radius 1 is 1.24 bits per heavy atom. The first-order chi connectivity index (χ1) is 14.0. The quantitative estimate of drug-likeness (QED) is 0.423. The summed E-state index contributed by atoms with van der Waals surface area (Å²) in [6.07, 6.45) is 5.26. The number of hydrogen-bond donors (Lipinski definition) is 2. The molecule has 1 aromatic carbocycles. The van der Waals surface area contributed by atoms with Crippen molar-refractivity contribution in [2.75, 3.05) is 44.4 Å². The van der Waals surface area contributed by atoms with Crippen LogP contribution in [0.5, 0.6) is 0 Å². The highest BCUT2D eigenvalue weighted by molar-refractivity contribution is 7.98. The molecule has 0 radical (unpaired) electrons. The SMILES string of the molecule is CSc1ccccc1NC(=O)CCN1CCC(C(=O)NCCCOC(C)C)CC1. The third-order valence-electron chi connectivity index (χ3n) is 5.07. The number of nitrogens with one attached hydrogen (secondary N) is 2. The summed E-state index contributed by atoms with van der Waals surface area (Å²) in [5.41, 5.74) is 0.874. The van der Waals surface area contributed by atoms with Gasteiger partial charge in [-0.2, -0.15) is 0 Å². The summed E-state index contributed by atoms with van der Waals surface area (Å²) < 4.78 is 5.49. The summed E-state index contributed by atoms with van der Waals surface area (Å²) in [4.78, 5) is 27.9. The molecule has 0 saturated carbocycles. The van der Waals surface area contributed by atoms with Gasteiger partial charge in [0.25, 0.3) is 0 Å². The maximum Gasteiger partial charge on any atom is 0.225 e. The van der Waals surface area contributed by atoms with E-state index in [0.717, 1.165) is 49.5 Å². The molecular formula is C22H35N3O3S. The summed E-state index contributed by atoms with van der Waals surface area (Å²) in [5, 5.41) is 6.03. The van der Waals surface area contributed by atoms with Crippen molar-refractivity contribution in [3.8, 4) is 0 Å². The van der Waals surface area contributed by atoms with Gasteiger partial charge in [-0.05, 0) is 64.6 Å². The van der Waals surface area contributed by atoms with Crippen molar-refractivity contribution < 1.29 is 14.3 Å². The lowest BCUT2D eigenvalue weighted by Gasteiger charge is -2.31. The molecule has 0 aromatic heterocycles. The van der Waals surface area contributed by atoms with Crippen molar-refractivity contribution in [1.29, 1.82) is 0 Å². The Balaban J connectivity index is 1.61. The maximum absolute atomic E-state index is 12.3. The largest absolute Gasteiger partial charge is 0.379 e. The van der Waals surface area contributed by atoms with Crippen LogP contribution in [0.25, 0.3) is 0 Å². The third kappa shape index (κ3) is 8.76. The second-order valence-electron chi connectivity index (χ2n) is 7.68. The summed E-state index contributed by atoms with van der Waals surface area (Å²) in [6.45, 7) is 7.84. The molecule has 1 aliphatic rings. The van der Waals surface area contributed by atoms with Crippen molar-refractivity contribution >= 4 is 29.3 Å². The minimum absolute atomic E-state index is 0.0370. The van der Waals surface area contributed by atoms with E-state index in [1.807, 2.05) is 44.4 Å². The first kappa shape index (κ1) is 23.7. The van der Waals surface area contributed by atoms with Crippen LogP contribution < -0.4 is 10.6 Å². The van der Waals surface area contributed by atoms with Crippen LogP contribution in [-0.2, 0) is 14.3 Å². The molecule has 2 rings (SSSR count). The predicted octanol–water partition coefficient (Wildman–Crippen LogP) is 3.38. The van der Waals surface area contributed by atoms with Crippen molar-refractivity contribution in [2.24, 2.45) is 5.92 Å². The van der Waals surface area contributed by atoms with Gasteiger partial charge in [-0.15, -0.1) is 11.8 Å². The van der Waals surface area contributed by atoms with E-state index in [2.05, 4.69) is 15.5 Å². The number of likely N-dealkylation sites (tertiary alicyclic amines) is 1. The highest BCUT2D eigenvalue weighted by Gasteiger charge is 2.24. The molecule has 162 valence electrons. The lowest BCUT2D eigenvalue weighted by molar-refractivity contribution is -0.126. The Morgan fingerprint density at radius 3 is 2.66 bits per heavy atom. The first-order valence-corrected chi connectivity index (χ1v) is 11.8. The van der Waals surface area contributed by atoms with E-state index >= 15 is 0 Å². The van der Waals surface area contributed by atoms with Crippen molar-refractivity contribution in [3.05, 3.63) is 24.3 Å². The van der Waals surface area contributed by atoms with Gasteiger partial charge in [-0.1, -0.05) is 12.1 Å². The van der Waals surface area contributed by atoms with E-state index in [4.69, 9.17) is 4.74 Å². The van der Waals surface area contributed by atoms with E-state index in [0.29, 0.717) is 19.6 Å². The highest BCUT2D eigenvalue weighted by Crippen LogP contribution is 2.24. The summed E-state index contributed by atoms with van der Waals surface area (Å²) in [7, 11) is 0. The number of carbonyl (C=O) groups is 2. The Labute approximate surface area is 179 Å². The molecule has 29 heavy (non-hydrogen) atoms. The van der Waals surface area contributed by atoms with Crippen LogP contribution in [0.15, 0.2) is 29.2 Å². The fourth-order valence-corrected chi connectivity index (χ4v) is 3.94. The van der Waals surface area contributed by atoms with Crippen molar-refractivity contribution in [3.63, 3.8) is 0 Å². The van der Waals surface area contributed by atoms with Gasteiger partial charge in [0.15, 0.2) is 0 Å². The van der Waals surface area contributed by atoms with Crippen molar-refractivity contribution in [2.45, 2.75) is 50.5 Å². The zero-order valence-electron chi connectivity index (χ0n) is 17.9. The fraction of sp³-hybridized carbons (Fsp3) is 0.636. The molecule has 6 nitrogen and oxygen atoms in total. The van der Waals surface area contributed by atoms with Crippen LogP contribution in [0.2, 0.25) is 0 Å². The predicted molar refractivity (Wildman–Crippen MR) is 119 cm³/mol. The number of para-hydroxylation sites is 1. The number of thioether (sulfide) groups is 1. The lowest BCUT2D eigenvalue weighted by atomic mass is 9.96. The fourth-order valence-electron chi connectivity index (χ4n) is 3.39. The Morgan fingerprint density at radius 2 is 1.97 bits per heavy atom. The number of benzene rings is 1. The van der Waals surface area contributed by atoms with Gasteiger partial charge in [-0.25, -0.2) is 0 Å². The van der Waals surface area contributed by atoms with Crippen LogP contribution >= 0.6 is 11.8 Å². The van der Waals surface area contributed by atoms with Gasteiger partial charge in [-0.3, -0.25) is 9.59 Å². The zero-order valence-corrected chi connectivity index (χ0v) is 18.7. The van der Waals surface area contributed by atoms with Gasteiger partial charge in [0.1, 0.15) is 0 Å².